The number of carbonyl (C=O) groups is 2. The summed E-state index contributed by atoms with van der Waals surface area (Å²) in [6, 6.07) is 6.13. The smallest absolute Gasteiger partial charge is 0.340 e. The molecule has 0 aliphatic carbocycles. The Labute approximate surface area is 136 Å². The van der Waals surface area contributed by atoms with E-state index >= 15 is 0 Å². The normalized spacial score (nSPS) is 11.0. The van der Waals surface area contributed by atoms with Crippen LogP contribution in [-0.4, -0.2) is 58.2 Å². The van der Waals surface area contributed by atoms with Gasteiger partial charge in [0.25, 0.3) is 0 Å². The third-order valence-electron chi connectivity index (χ3n) is 3.37. The van der Waals surface area contributed by atoms with Crippen LogP contribution in [0.25, 0.3) is 0 Å². The van der Waals surface area contributed by atoms with Gasteiger partial charge in [-0.3, -0.25) is 9.10 Å². The molecule has 1 amide bonds. The van der Waals surface area contributed by atoms with Gasteiger partial charge in [-0.25, -0.2) is 13.2 Å². The van der Waals surface area contributed by atoms with Gasteiger partial charge in [0, 0.05) is 13.1 Å². The summed E-state index contributed by atoms with van der Waals surface area (Å²) < 4.78 is 29.9. The number of para-hydroxylation sites is 1. The van der Waals surface area contributed by atoms with Gasteiger partial charge < -0.3 is 9.64 Å². The van der Waals surface area contributed by atoms with Crippen LogP contribution in [0.5, 0.6) is 0 Å². The molecule has 0 N–H and O–H groups in total. The van der Waals surface area contributed by atoms with Gasteiger partial charge in [0.05, 0.1) is 24.6 Å². The molecule has 0 bridgehead atoms. The number of likely N-dealkylation sites (N-methyl/N-ethyl adjacent to an activating group) is 1. The predicted molar refractivity (Wildman–Crippen MR) is 87.9 cm³/mol. The SMILES string of the molecule is CCN(CC)C(=O)CN(c1ccccc1C(=O)OC)S(C)(=O)=O. The molecule has 0 fully saturated rings. The first-order chi connectivity index (χ1) is 10.8. The first-order valence-corrected chi connectivity index (χ1v) is 9.03. The molecule has 23 heavy (non-hydrogen) atoms. The second-order valence-corrected chi connectivity index (χ2v) is 6.75. The molecule has 128 valence electrons. The fourth-order valence-electron chi connectivity index (χ4n) is 2.15. The molecule has 0 aromatic heterocycles. The number of esters is 1. The number of rotatable bonds is 7. The van der Waals surface area contributed by atoms with Gasteiger partial charge in [-0.15, -0.1) is 0 Å². The third-order valence-corrected chi connectivity index (χ3v) is 4.50. The Kier molecular flexibility index (Phi) is 6.56. The summed E-state index contributed by atoms with van der Waals surface area (Å²) in [7, 11) is -2.54. The molecule has 1 aromatic rings. The number of ether oxygens (including phenoxy) is 1. The Hall–Kier alpha value is -2.09. The van der Waals surface area contributed by atoms with E-state index < -0.39 is 16.0 Å². The Morgan fingerprint density at radius 2 is 1.70 bits per heavy atom. The number of sulfonamides is 1. The second kappa shape index (κ2) is 7.96. The van der Waals surface area contributed by atoms with Crippen LogP contribution in [0.2, 0.25) is 0 Å². The Morgan fingerprint density at radius 3 is 2.17 bits per heavy atom. The highest BCUT2D eigenvalue weighted by atomic mass is 32.2. The van der Waals surface area contributed by atoms with Crippen LogP contribution >= 0.6 is 0 Å². The average Bonchev–Trinajstić information content (AvgIpc) is 2.52. The minimum atomic E-state index is -3.75. The molecule has 0 spiro atoms. The zero-order valence-electron chi connectivity index (χ0n) is 13.8. The number of anilines is 1. The van der Waals surface area contributed by atoms with E-state index in [1.165, 1.54) is 24.1 Å². The van der Waals surface area contributed by atoms with Gasteiger partial charge in [-0.1, -0.05) is 12.1 Å². The molecule has 7 nitrogen and oxygen atoms in total. The van der Waals surface area contributed by atoms with E-state index in [1.54, 1.807) is 12.1 Å². The van der Waals surface area contributed by atoms with Crippen LogP contribution in [0.1, 0.15) is 24.2 Å². The quantitative estimate of drug-likeness (QED) is 0.693. The number of amides is 1. The highest BCUT2D eigenvalue weighted by Gasteiger charge is 2.26. The van der Waals surface area contributed by atoms with E-state index in [-0.39, 0.29) is 23.7 Å². The van der Waals surface area contributed by atoms with E-state index in [0.29, 0.717) is 13.1 Å². The van der Waals surface area contributed by atoms with E-state index in [4.69, 9.17) is 0 Å². The highest BCUT2D eigenvalue weighted by Crippen LogP contribution is 2.23. The number of carbonyl (C=O) groups excluding carboxylic acids is 2. The standard InChI is InChI=1S/C15H22N2O5S/c1-5-16(6-2)14(18)11-17(23(4,20)21)13-10-8-7-9-12(13)15(19)22-3/h7-10H,5-6,11H2,1-4H3. The van der Waals surface area contributed by atoms with Crippen molar-refractivity contribution in [3.05, 3.63) is 29.8 Å². The van der Waals surface area contributed by atoms with Gasteiger partial charge in [0.1, 0.15) is 6.54 Å². The van der Waals surface area contributed by atoms with Crippen LogP contribution in [0, 0.1) is 0 Å². The lowest BCUT2D eigenvalue weighted by Crippen LogP contribution is -2.43. The molecule has 0 unspecified atom stereocenters. The summed E-state index contributed by atoms with van der Waals surface area (Å²) in [6.45, 7) is 4.22. The fraction of sp³-hybridized carbons (Fsp3) is 0.467. The van der Waals surface area contributed by atoms with Gasteiger partial charge in [0.2, 0.25) is 15.9 Å². The monoisotopic (exact) mass is 342 g/mol. The Bertz CT molecular complexity index is 668. The number of nitrogens with zero attached hydrogens (tertiary/aromatic N) is 2. The average molecular weight is 342 g/mol. The summed E-state index contributed by atoms with van der Waals surface area (Å²) in [6.07, 6.45) is 0.997. The van der Waals surface area contributed by atoms with Crippen molar-refractivity contribution in [2.24, 2.45) is 0 Å². The largest absolute Gasteiger partial charge is 0.465 e. The highest BCUT2D eigenvalue weighted by molar-refractivity contribution is 7.92. The van der Waals surface area contributed by atoms with Crippen molar-refractivity contribution in [1.29, 1.82) is 0 Å². The molecule has 0 atom stereocenters. The van der Waals surface area contributed by atoms with E-state index in [1.807, 2.05) is 13.8 Å². The lowest BCUT2D eigenvalue weighted by molar-refractivity contribution is -0.129. The van der Waals surface area contributed by atoms with Crippen LogP contribution in [0.4, 0.5) is 5.69 Å². The number of hydrogen-bond acceptors (Lipinski definition) is 5. The van der Waals surface area contributed by atoms with Crippen molar-refractivity contribution < 1.29 is 22.7 Å². The molecule has 0 heterocycles. The van der Waals surface area contributed by atoms with E-state index in [2.05, 4.69) is 4.74 Å². The van der Waals surface area contributed by atoms with Gasteiger partial charge in [-0.05, 0) is 26.0 Å². The molecule has 0 saturated heterocycles. The summed E-state index contributed by atoms with van der Waals surface area (Å²) in [4.78, 5) is 25.7. The van der Waals surface area contributed by atoms with Gasteiger partial charge in [-0.2, -0.15) is 0 Å². The molecule has 8 heteroatoms. The maximum atomic E-state index is 12.3. The van der Waals surface area contributed by atoms with Crippen molar-refractivity contribution >= 4 is 27.6 Å². The van der Waals surface area contributed by atoms with Gasteiger partial charge >= 0.3 is 5.97 Å². The summed E-state index contributed by atoms with van der Waals surface area (Å²) in [5.74, 6) is -0.996. The number of benzene rings is 1. The second-order valence-electron chi connectivity index (χ2n) is 4.84. The Balaban J connectivity index is 3.30. The summed E-state index contributed by atoms with van der Waals surface area (Å²) in [5.41, 5.74) is 0.218. The summed E-state index contributed by atoms with van der Waals surface area (Å²) >= 11 is 0. The van der Waals surface area contributed by atoms with Crippen molar-refractivity contribution in [2.75, 3.05) is 37.3 Å². The lowest BCUT2D eigenvalue weighted by atomic mass is 10.2. The predicted octanol–water partition coefficient (Wildman–Crippen LogP) is 1.11. The minimum Gasteiger partial charge on any atom is -0.465 e. The minimum absolute atomic E-state index is 0.0905. The molecule has 0 radical (unpaired) electrons. The van der Waals surface area contributed by atoms with Crippen LogP contribution in [0.15, 0.2) is 24.3 Å². The van der Waals surface area contributed by atoms with Crippen molar-refractivity contribution in [3.8, 4) is 0 Å². The van der Waals surface area contributed by atoms with Crippen LogP contribution < -0.4 is 4.31 Å². The first-order valence-electron chi connectivity index (χ1n) is 7.19. The number of hydrogen-bond donors (Lipinski definition) is 0. The van der Waals surface area contributed by atoms with E-state index in [9.17, 15) is 18.0 Å². The molecular weight excluding hydrogens is 320 g/mol. The molecular formula is C15H22N2O5S. The fourth-order valence-corrected chi connectivity index (χ4v) is 3.02. The maximum Gasteiger partial charge on any atom is 0.340 e. The van der Waals surface area contributed by atoms with Crippen molar-refractivity contribution in [3.63, 3.8) is 0 Å². The molecule has 1 aromatic carbocycles. The first kappa shape index (κ1) is 19.0. The van der Waals surface area contributed by atoms with Crippen LogP contribution in [-0.2, 0) is 19.6 Å². The van der Waals surface area contributed by atoms with E-state index in [0.717, 1.165) is 10.6 Å². The number of methoxy groups -OCH3 is 1. The zero-order valence-corrected chi connectivity index (χ0v) is 14.6. The lowest BCUT2D eigenvalue weighted by Gasteiger charge is -2.27. The van der Waals surface area contributed by atoms with Crippen molar-refractivity contribution in [1.82, 2.24) is 4.90 Å². The third kappa shape index (κ3) is 4.69. The molecule has 0 saturated carbocycles. The maximum absolute atomic E-state index is 12.3. The van der Waals surface area contributed by atoms with Crippen molar-refractivity contribution in [2.45, 2.75) is 13.8 Å². The summed E-state index contributed by atoms with van der Waals surface area (Å²) in [5, 5.41) is 0. The van der Waals surface area contributed by atoms with Crippen LogP contribution in [0.3, 0.4) is 0 Å². The molecule has 1 rings (SSSR count). The topological polar surface area (TPSA) is 84.0 Å². The molecule has 0 aliphatic heterocycles. The molecule has 0 aliphatic rings. The zero-order chi connectivity index (χ0) is 17.6. The van der Waals surface area contributed by atoms with Gasteiger partial charge in [0.15, 0.2) is 0 Å². The Morgan fingerprint density at radius 1 is 1.13 bits per heavy atom.